The SMILES string of the molecule is CCNC(=O)COc1cccc(CN=C(NCC)NC(C)c2ccc(F)cc2F)c1.I. The number of rotatable bonds is 9. The fourth-order valence-corrected chi connectivity index (χ4v) is 2.76. The summed E-state index contributed by atoms with van der Waals surface area (Å²) < 4.78 is 32.7. The first-order valence-corrected chi connectivity index (χ1v) is 9.91. The highest BCUT2D eigenvalue weighted by molar-refractivity contribution is 14.0. The number of carbonyl (C=O) groups excluding carboxylic acids is 1. The average Bonchev–Trinajstić information content (AvgIpc) is 2.71. The zero-order valence-electron chi connectivity index (χ0n) is 17.9. The molecule has 1 atom stereocenters. The lowest BCUT2D eigenvalue weighted by Crippen LogP contribution is -2.39. The zero-order valence-corrected chi connectivity index (χ0v) is 20.2. The van der Waals surface area contributed by atoms with E-state index in [1.54, 1.807) is 13.0 Å². The molecule has 31 heavy (non-hydrogen) atoms. The Morgan fingerprint density at radius 2 is 1.84 bits per heavy atom. The molecule has 0 aliphatic carbocycles. The molecule has 0 aliphatic heterocycles. The number of carbonyl (C=O) groups is 1. The van der Waals surface area contributed by atoms with Crippen molar-refractivity contribution in [1.82, 2.24) is 16.0 Å². The van der Waals surface area contributed by atoms with Gasteiger partial charge in [0.05, 0.1) is 12.6 Å². The number of amides is 1. The Bertz CT molecular complexity index is 880. The van der Waals surface area contributed by atoms with Crippen LogP contribution < -0.4 is 20.7 Å². The quantitative estimate of drug-likeness (QED) is 0.254. The van der Waals surface area contributed by atoms with E-state index in [1.807, 2.05) is 32.0 Å². The van der Waals surface area contributed by atoms with Crippen LogP contribution in [0.25, 0.3) is 0 Å². The summed E-state index contributed by atoms with van der Waals surface area (Å²) in [6.07, 6.45) is 0. The fraction of sp³-hybridized carbons (Fsp3) is 0.364. The van der Waals surface area contributed by atoms with Crippen LogP contribution in [0.3, 0.4) is 0 Å². The van der Waals surface area contributed by atoms with Crippen molar-refractivity contribution in [3.8, 4) is 5.75 Å². The van der Waals surface area contributed by atoms with Crippen LogP contribution in [0.5, 0.6) is 5.75 Å². The summed E-state index contributed by atoms with van der Waals surface area (Å²) in [7, 11) is 0. The minimum absolute atomic E-state index is 0. The third-order valence-electron chi connectivity index (χ3n) is 4.19. The Kier molecular flexibility index (Phi) is 11.8. The van der Waals surface area contributed by atoms with Crippen molar-refractivity contribution in [2.24, 2.45) is 4.99 Å². The molecule has 0 heterocycles. The molecule has 2 aromatic rings. The Labute approximate surface area is 198 Å². The Hall–Kier alpha value is -2.43. The number of guanidine groups is 1. The molecule has 1 unspecified atom stereocenters. The van der Waals surface area contributed by atoms with Gasteiger partial charge >= 0.3 is 0 Å². The summed E-state index contributed by atoms with van der Waals surface area (Å²) >= 11 is 0. The van der Waals surface area contributed by atoms with Gasteiger partial charge in [0, 0.05) is 24.7 Å². The predicted molar refractivity (Wildman–Crippen MR) is 129 cm³/mol. The van der Waals surface area contributed by atoms with Gasteiger partial charge in [0.25, 0.3) is 5.91 Å². The molecule has 9 heteroatoms. The lowest BCUT2D eigenvalue weighted by Gasteiger charge is -2.19. The van der Waals surface area contributed by atoms with E-state index >= 15 is 0 Å². The smallest absolute Gasteiger partial charge is 0.257 e. The Morgan fingerprint density at radius 1 is 1.10 bits per heavy atom. The topological polar surface area (TPSA) is 74.8 Å². The molecular formula is C22H29F2IN4O2. The van der Waals surface area contributed by atoms with Crippen molar-refractivity contribution in [2.75, 3.05) is 19.7 Å². The second kappa shape index (κ2) is 13.8. The van der Waals surface area contributed by atoms with Crippen LogP contribution in [0.15, 0.2) is 47.5 Å². The first-order valence-electron chi connectivity index (χ1n) is 9.91. The van der Waals surface area contributed by atoms with E-state index in [0.717, 1.165) is 11.6 Å². The van der Waals surface area contributed by atoms with Crippen molar-refractivity contribution in [2.45, 2.75) is 33.4 Å². The summed E-state index contributed by atoms with van der Waals surface area (Å²) in [5.74, 6) is -0.321. The van der Waals surface area contributed by atoms with Gasteiger partial charge in [-0.25, -0.2) is 13.8 Å². The zero-order chi connectivity index (χ0) is 21.9. The predicted octanol–water partition coefficient (Wildman–Crippen LogP) is 3.91. The molecule has 0 saturated carbocycles. The molecule has 2 aromatic carbocycles. The standard InChI is InChI=1S/C22H28F2N4O2.HI/c1-4-25-21(29)14-30-18-8-6-7-16(11-18)13-27-22(26-5-2)28-15(3)19-10-9-17(23)12-20(19)24;/h6-12,15H,4-5,13-14H2,1-3H3,(H,25,29)(H2,26,27,28);1H. The van der Waals surface area contributed by atoms with Crippen molar-refractivity contribution < 1.29 is 18.3 Å². The van der Waals surface area contributed by atoms with E-state index in [-0.39, 0.29) is 36.5 Å². The minimum Gasteiger partial charge on any atom is -0.484 e. The molecule has 0 fully saturated rings. The fourth-order valence-electron chi connectivity index (χ4n) is 2.76. The molecule has 2 rings (SSSR count). The Morgan fingerprint density at radius 3 is 2.52 bits per heavy atom. The molecule has 6 nitrogen and oxygen atoms in total. The molecule has 0 aromatic heterocycles. The van der Waals surface area contributed by atoms with Crippen molar-refractivity contribution in [1.29, 1.82) is 0 Å². The van der Waals surface area contributed by atoms with Crippen LogP contribution in [-0.4, -0.2) is 31.6 Å². The highest BCUT2D eigenvalue weighted by Crippen LogP contribution is 2.18. The maximum Gasteiger partial charge on any atom is 0.257 e. The number of benzene rings is 2. The maximum atomic E-state index is 14.0. The van der Waals surface area contributed by atoms with Gasteiger partial charge in [-0.1, -0.05) is 18.2 Å². The number of likely N-dealkylation sites (N-methyl/N-ethyl adjacent to an activating group) is 1. The number of nitrogens with zero attached hydrogens (tertiary/aromatic N) is 1. The van der Waals surface area contributed by atoms with E-state index in [1.165, 1.54) is 12.1 Å². The molecule has 0 radical (unpaired) electrons. The lowest BCUT2D eigenvalue weighted by atomic mass is 10.1. The van der Waals surface area contributed by atoms with Gasteiger partial charge in [0.15, 0.2) is 12.6 Å². The molecular weight excluding hydrogens is 517 g/mol. The Balaban J connectivity index is 0.00000480. The van der Waals surface area contributed by atoms with Gasteiger partial charge in [-0.2, -0.15) is 0 Å². The molecule has 0 bridgehead atoms. The monoisotopic (exact) mass is 546 g/mol. The molecule has 0 spiro atoms. The van der Waals surface area contributed by atoms with Crippen LogP contribution in [-0.2, 0) is 11.3 Å². The van der Waals surface area contributed by atoms with E-state index in [2.05, 4.69) is 20.9 Å². The first-order chi connectivity index (χ1) is 14.4. The molecule has 0 aliphatic rings. The third kappa shape index (κ3) is 9.07. The largest absolute Gasteiger partial charge is 0.484 e. The normalized spacial score (nSPS) is 11.8. The third-order valence-corrected chi connectivity index (χ3v) is 4.19. The second-order valence-corrected chi connectivity index (χ2v) is 6.62. The maximum absolute atomic E-state index is 14.0. The summed E-state index contributed by atoms with van der Waals surface area (Å²) in [4.78, 5) is 16.1. The van der Waals surface area contributed by atoms with E-state index in [4.69, 9.17) is 4.74 Å². The molecule has 1 amide bonds. The minimum atomic E-state index is -0.613. The summed E-state index contributed by atoms with van der Waals surface area (Å²) in [6.45, 7) is 7.03. The molecule has 170 valence electrons. The molecule has 3 N–H and O–H groups in total. The van der Waals surface area contributed by atoms with Crippen molar-refractivity contribution >= 4 is 35.8 Å². The summed E-state index contributed by atoms with van der Waals surface area (Å²) in [5, 5.41) is 8.91. The van der Waals surface area contributed by atoms with Crippen LogP contribution in [0.1, 0.15) is 37.9 Å². The summed E-state index contributed by atoms with van der Waals surface area (Å²) in [5.41, 5.74) is 1.24. The van der Waals surface area contributed by atoms with E-state index in [0.29, 0.717) is 36.9 Å². The molecule has 0 saturated heterocycles. The van der Waals surface area contributed by atoms with Gasteiger partial charge in [0.1, 0.15) is 17.4 Å². The van der Waals surface area contributed by atoms with Crippen LogP contribution in [0.2, 0.25) is 0 Å². The van der Waals surface area contributed by atoms with Gasteiger partial charge in [-0.3, -0.25) is 4.79 Å². The number of nitrogens with one attached hydrogen (secondary N) is 3. The number of aliphatic imine (C=N–C) groups is 1. The van der Waals surface area contributed by atoms with Crippen molar-refractivity contribution in [3.63, 3.8) is 0 Å². The first kappa shape index (κ1) is 26.6. The van der Waals surface area contributed by atoms with Gasteiger partial charge in [0.2, 0.25) is 0 Å². The second-order valence-electron chi connectivity index (χ2n) is 6.62. The number of halogens is 3. The summed E-state index contributed by atoms with van der Waals surface area (Å²) in [6, 6.07) is 10.4. The van der Waals surface area contributed by atoms with Crippen molar-refractivity contribution in [3.05, 3.63) is 65.2 Å². The highest BCUT2D eigenvalue weighted by atomic mass is 127. The van der Waals surface area contributed by atoms with Crippen LogP contribution in [0, 0.1) is 11.6 Å². The van der Waals surface area contributed by atoms with E-state index < -0.39 is 17.7 Å². The number of ether oxygens (including phenoxy) is 1. The number of hydrogen-bond donors (Lipinski definition) is 3. The van der Waals surface area contributed by atoms with Gasteiger partial charge < -0.3 is 20.7 Å². The lowest BCUT2D eigenvalue weighted by molar-refractivity contribution is -0.122. The van der Waals surface area contributed by atoms with Crippen LogP contribution in [0.4, 0.5) is 8.78 Å². The van der Waals surface area contributed by atoms with Crippen LogP contribution >= 0.6 is 24.0 Å². The average molecular weight is 546 g/mol. The van der Waals surface area contributed by atoms with Gasteiger partial charge in [-0.15, -0.1) is 24.0 Å². The number of hydrogen-bond acceptors (Lipinski definition) is 3. The van der Waals surface area contributed by atoms with E-state index in [9.17, 15) is 13.6 Å². The van der Waals surface area contributed by atoms with Gasteiger partial charge in [-0.05, 0) is 44.5 Å². The highest BCUT2D eigenvalue weighted by Gasteiger charge is 2.13.